The molecule has 1 saturated heterocycles. The smallest absolute Gasteiger partial charge is 0.127 e. The Balaban J connectivity index is 2.04. The van der Waals surface area contributed by atoms with Gasteiger partial charge in [-0.2, -0.15) is 0 Å². The molecule has 1 aromatic carbocycles. The summed E-state index contributed by atoms with van der Waals surface area (Å²) in [5.41, 5.74) is 7.30. The Kier molecular flexibility index (Phi) is 4.69. The van der Waals surface area contributed by atoms with Gasteiger partial charge in [0.2, 0.25) is 0 Å². The van der Waals surface area contributed by atoms with Crippen molar-refractivity contribution < 1.29 is 9.13 Å². The Labute approximate surface area is 108 Å². The highest BCUT2D eigenvalue weighted by Crippen LogP contribution is 2.18. The normalized spacial score (nSPS) is 21.2. The fraction of sp³-hybridized carbons (Fsp3) is 0.571. The van der Waals surface area contributed by atoms with Crippen LogP contribution in [-0.4, -0.2) is 31.2 Å². The summed E-state index contributed by atoms with van der Waals surface area (Å²) >= 11 is 0. The van der Waals surface area contributed by atoms with E-state index in [-0.39, 0.29) is 11.9 Å². The quantitative estimate of drug-likeness (QED) is 0.889. The molecule has 2 N–H and O–H groups in total. The summed E-state index contributed by atoms with van der Waals surface area (Å²) in [4.78, 5) is 2.25. The van der Waals surface area contributed by atoms with Crippen LogP contribution in [-0.2, 0) is 17.8 Å². The zero-order valence-corrected chi connectivity index (χ0v) is 10.9. The van der Waals surface area contributed by atoms with Crippen LogP contribution in [0.15, 0.2) is 18.2 Å². The van der Waals surface area contributed by atoms with Crippen LogP contribution in [0.25, 0.3) is 0 Å². The zero-order chi connectivity index (χ0) is 13.0. The van der Waals surface area contributed by atoms with Gasteiger partial charge in [-0.1, -0.05) is 12.1 Å². The molecule has 0 bridgehead atoms. The molecule has 1 atom stereocenters. The number of hydrogen-bond donors (Lipinski definition) is 1. The van der Waals surface area contributed by atoms with E-state index in [4.69, 9.17) is 10.5 Å². The summed E-state index contributed by atoms with van der Waals surface area (Å²) in [6, 6.07) is 5.12. The lowest BCUT2D eigenvalue weighted by Gasteiger charge is -2.32. The molecule has 0 amide bonds. The summed E-state index contributed by atoms with van der Waals surface area (Å²) in [6.07, 6.45) is 2.48. The SMILES string of the molecule is COC1CCCN(Cc2cc(CN)ccc2F)C1. The van der Waals surface area contributed by atoms with E-state index >= 15 is 0 Å². The number of benzene rings is 1. The maximum absolute atomic E-state index is 13.7. The van der Waals surface area contributed by atoms with Crippen molar-refractivity contribution in [2.75, 3.05) is 20.2 Å². The van der Waals surface area contributed by atoms with Crippen LogP contribution in [0.1, 0.15) is 24.0 Å². The van der Waals surface area contributed by atoms with Crippen molar-refractivity contribution in [3.63, 3.8) is 0 Å². The predicted molar refractivity (Wildman–Crippen MR) is 69.6 cm³/mol. The molecule has 0 radical (unpaired) electrons. The molecule has 4 heteroatoms. The highest BCUT2D eigenvalue weighted by Gasteiger charge is 2.20. The van der Waals surface area contributed by atoms with Gasteiger partial charge in [-0.05, 0) is 31.0 Å². The van der Waals surface area contributed by atoms with Gasteiger partial charge < -0.3 is 10.5 Å². The number of nitrogens with zero attached hydrogens (tertiary/aromatic N) is 1. The van der Waals surface area contributed by atoms with Crippen molar-refractivity contribution in [1.82, 2.24) is 4.90 Å². The van der Waals surface area contributed by atoms with E-state index in [0.29, 0.717) is 13.1 Å². The first-order valence-electron chi connectivity index (χ1n) is 6.45. The van der Waals surface area contributed by atoms with E-state index < -0.39 is 0 Å². The van der Waals surface area contributed by atoms with Gasteiger partial charge in [-0.3, -0.25) is 4.90 Å². The summed E-state index contributed by atoms with van der Waals surface area (Å²) in [7, 11) is 1.74. The lowest BCUT2D eigenvalue weighted by Crippen LogP contribution is -2.38. The second-order valence-electron chi connectivity index (χ2n) is 4.86. The second-order valence-corrected chi connectivity index (χ2v) is 4.86. The molecule has 1 fully saturated rings. The van der Waals surface area contributed by atoms with Crippen LogP contribution in [0.2, 0.25) is 0 Å². The highest BCUT2D eigenvalue weighted by atomic mass is 19.1. The lowest BCUT2D eigenvalue weighted by atomic mass is 10.1. The number of methoxy groups -OCH3 is 1. The number of nitrogens with two attached hydrogens (primary N) is 1. The van der Waals surface area contributed by atoms with E-state index in [1.165, 1.54) is 6.07 Å². The van der Waals surface area contributed by atoms with Crippen molar-refractivity contribution >= 4 is 0 Å². The number of ether oxygens (including phenoxy) is 1. The van der Waals surface area contributed by atoms with Gasteiger partial charge in [0.25, 0.3) is 0 Å². The van der Waals surface area contributed by atoms with Crippen molar-refractivity contribution in [3.05, 3.63) is 35.1 Å². The first-order valence-corrected chi connectivity index (χ1v) is 6.45. The fourth-order valence-corrected chi connectivity index (χ4v) is 2.47. The summed E-state index contributed by atoms with van der Waals surface area (Å²) in [5, 5.41) is 0. The topological polar surface area (TPSA) is 38.5 Å². The lowest BCUT2D eigenvalue weighted by molar-refractivity contribution is 0.0282. The van der Waals surface area contributed by atoms with Crippen LogP contribution in [0, 0.1) is 5.82 Å². The van der Waals surface area contributed by atoms with Crippen LogP contribution in [0.3, 0.4) is 0 Å². The van der Waals surface area contributed by atoms with E-state index in [2.05, 4.69) is 4.90 Å². The minimum absolute atomic E-state index is 0.147. The molecule has 1 aromatic rings. The molecule has 0 aromatic heterocycles. The molecule has 0 aliphatic carbocycles. The molecule has 1 unspecified atom stereocenters. The Hall–Kier alpha value is -0.970. The summed E-state index contributed by atoms with van der Waals surface area (Å²) in [5.74, 6) is -0.147. The molecule has 3 nitrogen and oxygen atoms in total. The van der Waals surface area contributed by atoms with Crippen LogP contribution in [0.5, 0.6) is 0 Å². The third kappa shape index (κ3) is 3.28. The molecule has 0 saturated carbocycles. The van der Waals surface area contributed by atoms with Gasteiger partial charge in [0.1, 0.15) is 5.82 Å². The molecule has 100 valence electrons. The minimum Gasteiger partial charge on any atom is -0.380 e. The van der Waals surface area contributed by atoms with Gasteiger partial charge in [0, 0.05) is 32.3 Å². The van der Waals surface area contributed by atoms with Crippen molar-refractivity contribution in [2.45, 2.75) is 32.0 Å². The summed E-state index contributed by atoms with van der Waals surface area (Å²) < 4.78 is 19.1. The maximum atomic E-state index is 13.7. The predicted octanol–water partition coefficient (Wildman–Crippen LogP) is 1.90. The first kappa shape index (κ1) is 13.5. The largest absolute Gasteiger partial charge is 0.380 e. The van der Waals surface area contributed by atoms with Crippen molar-refractivity contribution in [3.8, 4) is 0 Å². The Morgan fingerprint density at radius 3 is 3.06 bits per heavy atom. The van der Waals surface area contributed by atoms with E-state index in [9.17, 15) is 4.39 Å². The van der Waals surface area contributed by atoms with Crippen molar-refractivity contribution in [2.24, 2.45) is 5.73 Å². The highest BCUT2D eigenvalue weighted by molar-refractivity contribution is 5.25. The standard InChI is InChI=1S/C14H21FN2O/c1-18-13-3-2-6-17(10-13)9-12-7-11(8-16)4-5-14(12)15/h4-5,7,13H,2-3,6,8-10,16H2,1H3. The monoisotopic (exact) mass is 252 g/mol. The molecule has 1 aliphatic heterocycles. The zero-order valence-electron chi connectivity index (χ0n) is 10.9. The molecule has 1 heterocycles. The Bertz CT molecular complexity index is 397. The second kappa shape index (κ2) is 6.27. The fourth-order valence-electron chi connectivity index (χ4n) is 2.47. The first-order chi connectivity index (χ1) is 8.72. The Morgan fingerprint density at radius 2 is 2.33 bits per heavy atom. The van der Waals surface area contributed by atoms with E-state index in [1.54, 1.807) is 13.2 Å². The van der Waals surface area contributed by atoms with Crippen LogP contribution >= 0.6 is 0 Å². The average molecular weight is 252 g/mol. The van der Waals surface area contributed by atoms with Gasteiger partial charge in [0.05, 0.1) is 6.10 Å². The van der Waals surface area contributed by atoms with Gasteiger partial charge in [-0.25, -0.2) is 4.39 Å². The average Bonchev–Trinajstić information content (AvgIpc) is 2.41. The molecule has 2 rings (SSSR count). The van der Waals surface area contributed by atoms with Gasteiger partial charge >= 0.3 is 0 Å². The van der Waals surface area contributed by atoms with Crippen LogP contribution in [0.4, 0.5) is 4.39 Å². The van der Waals surface area contributed by atoms with Gasteiger partial charge in [-0.15, -0.1) is 0 Å². The van der Waals surface area contributed by atoms with Gasteiger partial charge in [0.15, 0.2) is 0 Å². The maximum Gasteiger partial charge on any atom is 0.127 e. The molecular formula is C14H21FN2O. The molecule has 18 heavy (non-hydrogen) atoms. The molecule has 1 aliphatic rings. The van der Waals surface area contributed by atoms with Crippen molar-refractivity contribution in [1.29, 1.82) is 0 Å². The number of likely N-dealkylation sites (tertiary alicyclic amines) is 1. The van der Waals surface area contributed by atoms with E-state index in [1.807, 2.05) is 6.07 Å². The number of rotatable bonds is 4. The third-order valence-electron chi connectivity index (χ3n) is 3.54. The van der Waals surface area contributed by atoms with E-state index in [0.717, 1.165) is 37.1 Å². The molecule has 0 spiro atoms. The third-order valence-corrected chi connectivity index (χ3v) is 3.54. The summed E-state index contributed by atoms with van der Waals surface area (Å²) in [6.45, 7) is 2.97. The Morgan fingerprint density at radius 1 is 1.50 bits per heavy atom. The number of hydrogen-bond acceptors (Lipinski definition) is 3. The van der Waals surface area contributed by atoms with Crippen LogP contribution < -0.4 is 5.73 Å². The number of piperidine rings is 1. The molecular weight excluding hydrogens is 231 g/mol. The number of halogens is 1. The minimum atomic E-state index is -0.147.